The number of carbonyl (C=O) groups excluding carboxylic acids is 1. The zero-order valence-corrected chi connectivity index (χ0v) is 17.0. The first kappa shape index (κ1) is 18.5. The van der Waals surface area contributed by atoms with Crippen LogP contribution in [0.3, 0.4) is 0 Å². The van der Waals surface area contributed by atoms with Crippen LogP contribution in [0.5, 0.6) is 0 Å². The normalized spacial score (nSPS) is 18.6. The number of para-hydroxylation sites is 1. The lowest BCUT2D eigenvalue weighted by molar-refractivity contribution is 0.136. The quantitative estimate of drug-likeness (QED) is 0.634. The van der Waals surface area contributed by atoms with E-state index in [-0.39, 0.29) is 23.8 Å². The van der Waals surface area contributed by atoms with Crippen LogP contribution in [0.1, 0.15) is 18.4 Å². The lowest BCUT2D eigenvalue weighted by atomic mass is 10.0. The molecule has 2 aliphatic rings. The maximum absolute atomic E-state index is 13.2. The third-order valence-corrected chi connectivity index (χ3v) is 8.04. The van der Waals surface area contributed by atoms with E-state index in [9.17, 15) is 13.2 Å². The molecule has 10 heteroatoms. The van der Waals surface area contributed by atoms with Crippen LogP contribution in [0.25, 0.3) is 10.1 Å². The molecule has 2 aliphatic heterocycles. The number of hydrogen-bond donors (Lipinski definition) is 0. The summed E-state index contributed by atoms with van der Waals surface area (Å²) < 4.78 is 38.0. The number of pyridine rings is 1. The van der Waals surface area contributed by atoms with Crippen molar-refractivity contribution >= 4 is 43.4 Å². The molecule has 1 amide bonds. The molecule has 0 atom stereocenters. The zero-order valence-electron chi connectivity index (χ0n) is 15.4. The topological polar surface area (TPSA) is 92.7 Å². The molecule has 1 saturated heterocycles. The third kappa shape index (κ3) is 3.07. The number of sulfonamides is 1. The molecule has 0 bridgehead atoms. The smallest absolute Gasteiger partial charge is 0.414 e. The highest BCUT2D eigenvalue weighted by Gasteiger charge is 2.37. The van der Waals surface area contributed by atoms with Gasteiger partial charge in [-0.2, -0.15) is 8.68 Å². The number of anilines is 1. The fraction of sp³-hybridized carbons (Fsp3) is 0.316. The minimum Gasteiger partial charge on any atom is -0.444 e. The Morgan fingerprint density at radius 2 is 1.93 bits per heavy atom. The Balaban J connectivity index is 1.38. The van der Waals surface area contributed by atoms with E-state index in [1.54, 1.807) is 17.2 Å². The first-order valence-electron chi connectivity index (χ1n) is 9.29. The minimum absolute atomic E-state index is 0.0462. The molecule has 5 rings (SSSR count). The Morgan fingerprint density at radius 1 is 1.14 bits per heavy atom. The number of ether oxygens (including phenoxy) is 1. The second kappa shape index (κ2) is 7.05. The number of carbonyl (C=O) groups is 1. The molecule has 150 valence electrons. The van der Waals surface area contributed by atoms with E-state index in [0.29, 0.717) is 31.3 Å². The molecule has 1 fully saturated rings. The first-order chi connectivity index (χ1) is 14.1. The van der Waals surface area contributed by atoms with Crippen LogP contribution in [-0.4, -0.2) is 47.3 Å². The van der Waals surface area contributed by atoms with Crippen molar-refractivity contribution in [1.29, 1.82) is 0 Å². The van der Waals surface area contributed by atoms with Gasteiger partial charge in [0.15, 0.2) is 5.03 Å². The van der Waals surface area contributed by atoms with Gasteiger partial charge in [0.05, 0.1) is 22.0 Å². The zero-order chi connectivity index (χ0) is 20.0. The first-order valence-corrected chi connectivity index (χ1v) is 11.5. The molecule has 2 aromatic heterocycles. The van der Waals surface area contributed by atoms with E-state index in [0.717, 1.165) is 16.0 Å². The molecule has 0 spiro atoms. The van der Waals surface area contributed by atoms with Gasteiger partial charge >= 0.3 is 6.09 Å². The molecule has 29 heavy (non-hydrogen) atoms. The van der Waals surface area contributed by atoms with E-state index in [2.05, 4.69) is 9.36 Å². The summed E-state index contributed by atoms with van der Waals surface area (Å²) in [6.07, 6.45) is 3.73. The highest BCUT2D eigenvalue weighted by atomic mass is 32.2. The average molecular weight is 431 g/mol. The number of piperidine rings is 1. The van der Waals surface area contributed by atoms with Crippen LogP contribution in [0.4, 0.5) is 10.5 Å². The molecule has 8 nitrogen and oxygen atoms in total. The van der Waals surface area contributed by atoms with Crippen molar-refractivity contribution in [3.8, 4) is 0 Å². The fourth-order valence-corrected chi connectivity index (χ4v) is 6.24. The summed E-state index contributed by atoms with van der Waals surface area (Å²) in [6.45, 7) is 0.895. The molecular formula is C19H18N4O4S2. The van der Waals surface area contributed by atoms with Gasteiger partial charge in [-0.15, -0.1) is 0 Å². The van der Waals surface area contributed by atoms with Gasteiger partial charge in [0.25, 0.3) is 10.0 Å². The largest absolute Gasteiger partial charge is 0.444 e. The standard InChI is InChI=1S/C19H18N4O4S2/c24-19-23(16-4-2-1-3-13(16)12-27-19)14-6-9-22(10-7-14)29(25,26)18-15-11-21-28-17(15)5-8-20-18/h1-5,8,11,14H,6-7,9-10,12H2. The van der Waals surface area contributed by atoms with Crippen LogP contribution >= 0.6 is 11.5 Å². The van der Waals surface area contributed by atoms with E-state index >= 15 is 0 Å². The number of cyclic esters (lactones) is 1. The average Bonchev–Trinajstić information content (AvgIpc) is 3.22. The Labute approximate surface area is 171 Å². The molecule has 1 aromatic carbocycles. The number of benzene rings is 1. The van der Waals surface area contributed by atoms with Crippen molar-refractivity contribution < 1.29 is 17.9 Å². The summed E-state index contributed by atoms with van der Waals surface area (Å²) in [5, 5.41) is 0.595. The van der Waals surface area contributed by atoms with E-state index < -0.39 is 10.0 Å². The van der Waals surface area contributed by atoms with Crippen molar-refractivity contribution in [2.75, 3.05) is 18.0 Å². The second-order valence-corrected chi connectivity index (χ2v) is 9.73. The maximum Gasteiger partial charge on any atom is 0.414 e. The molecule has 0 radical (unpaired) electrons. The summed E-state index contributed by atoms with van der Waals surface area (Å²) in [7, 11) is -3.73. The summed E-state index contributed by atoms with van der Waals surface area (Å²) in [4.78, 5) is 18.2. The van der Waals surface area contributed by atoms with Gasteiger partial charge in [-0.1, -0.05) is 18.2 Å². The van der Waals surface area contributed by atoms with Crippen molar-refractivity contribution in [1.82, 2.24) is 13.7 Å². The number of nitrogens with zero attached hydrogens (tertiary/aromatic N) is 4. The third-order valence-electron chi connectivity index (χ3n) is 5.42. The molecule has 3 aromatic rings. The van der Waals surface area contributed by atoms with Crippen LogP contribution in [0, 0.1) is 0 Å². The Kier molecular flexibility index (Phi) is 4.49. The van der Waals surface area contributed by atoms with Crippen LogP contribution in [-0.2, 0) is 21.4 Å². The Bertz CT molecular complexity index is 1190. The predicted octanol–water partition coefficient (Wildman–Crippen LogP) is 3.00. The minimum atomic E-state index is -3.73. The number of amides is 1. The number of hydrogen-bond acceptors (Lipinski definition) is 7. The van der Waals surface area contributed by atoms with Crippen LogP contribution < -0.4 is 4.90 Å². The highest BCUT2D eigenvalue weighted by molar-refractivity contribution is 7.89. The number of rotatable bonds is 3. The maximum atomic E-state index is 13.2. The van der Waals surface area contributed by atoms with Gasteiger partial charge in [0.1, 0.15) is 6.61 Å². The fourth-order valence-electron chi connectivity index (χ4n) is 3.96. The van der Waals surface area contributed by atoms with Crippen molar-refractivity contribution in [2.45, 2.75) is 30.5 Å². The van der Waals surface area contributed by atoms with Crippen LogP contribution in [0.2, 0.25) is 0 Å². The number of aromatic nitrogens is 2. The molecule has 0 N–H and O–H groups in total. The van der Waals surface area contributed by atoms with Gasteiger partial charge in [0, 0.05) is 30.9 Å². The molecule has 0 unspecified atom stereocenters. The van der Waals surface area contributed by atoms with Gasteiger partial charge in [-0.25, -0.2) is 18.2 Å². The van der Waals surface area contributed by atoms with Gasteiger partial charge in [-0.3, -0.25) is 4.90 Å². The molecular weight excluding hydrogens is 412 g/mol. The monoisotopic (exact) mass is 430 g/mol. The Hall–Kier alpha value is -2.56. The predicted molar refractivity (Wildman–Crippen MR) is 108 cm³/mol. The summed E-state index contributed by atoms with van der Waals surface area (Å²) in [5.74, 6) is 0. The summed E-state index contributed by atoms with van der Waals surface area (Å²) >= 11 is 1.25. The van der Waals surface area contributed by atoms with Crippen molar-refractivity contribution in [2.24, 2.45) is 0 Å². The van der Waals surface area contributed by atoms with Gasteiger partial charge in [-0.05, 0) is 36.5 Å². The van der Waals surface area contributed by atoms with Crippen molar-refractivity contribution in [3.05, 3.63) is 48.3 Å². The SMILES string of the molecule is O=C1OCc2ccccc2N1C1CCN(S(=O)(=O)c2nccc3sncc23)CC1. The van der Waals surface area contributed by atoms with E-state index in [4.69, 9.17) is 4.74 Å². The highest BCUT2D eigenvalue weighted by Crippen LogP contribution is 2.33. The van der Waals surface area contributed by atoms with E-state index in [1.165, 1.54) is 22.0 Å². The number of fused-ring (bicyclic) bond motifs is 2. The van der Waals surface area contributed by atoms with Gasteiger partial charge < -0.3 is 4.74 Å². The van der Waals surface area contributed by atoms with Crippen molar-refractivity contribution in [3.63, 3.8) is 0 Å². The molecule has 4 heterocycles. The molecule has 0 saturated carbocycles. The van der Waals surface area contributed by atoms with Crippen LogP contribution in [0.15, 0.2) is 47.8 Å². The summed E-state index contributed by atoms with van der Waals surface area (Å²) in [5.41, 5.74) is 1.81. The lowest BCUT2D eigenvalue weighted by Crippen LogP contribution is -2.50. The Morgan fingerprint density at radius 3 is 2.76 bits per heavy atom. The lowest BCUT2D eigenvalue weighted by Gasteiger charge is -2.39. The van der Waals surface area contributed by atoms with Gasteiger partial charge in [0.2, 0.25) is 0 Å². The van der Waals surface area contributed by atoms with E-state index in [1.807, 2.05) is 24.3 Å². The molecule has 0 aliphatic carbocycles. The summed E-state index contributed by atoms with van der Waals surface area (Å²) in [6, 6.07) is 9.31. The second-order valence-electron chi connectivity index (χ2n) is 7.04.